The zero-order chi connectivity index (χ0) is 13.8. The van der Waals surface area contributed by atoms with Crippen LogP contribution in [-0.4, -0.2) is 13.7 Å². The maximum Gasteiger partial charge on any atom is 0.126 e. The normalized spacial score (nSPS) is 10.5. The van der Waals surface area contributed by atoms with Crippen LogP contribution in [0.1, 0.15) is 16.7 Å². The lowest BCUT2D eigenvalue weighted by Crippen LogP contribution is -2.03. The van der Waals surface area contributed by atoms with Gasteiger partial charge in [0.15, 0.2) is 0 Å². The van der Waals surface area contributed by atoms with Crippen LogP contribution in [0.15, 0.2) is 36.4 Å². The van der Waals surface area contributed by atoms with Gasteiger partial charge in [0.25, 0.3) is 0 Å². The summed E-state index contributed by atoms with van der Waals surface area (Å²) in [7, 11) is 1.71. The standard InChI is InChI=1S/C17H21NO/c1-12-4-5-13(2)15(10-12)16-11-14(8-9-18)6-7-17(16)19-3/h4-7,10-11H,8-9,18H2,1-3H3. The molecule has 2 heteroatoms. The molecule has 0 saturated carbocycles. The maximum absolute atomic E-state index is 5.64. The van der Waals surface area contributed by atoms with Crippen LogP contribution in [0.5, 0.6) is 5.75 Å². The maximum atomic E-state index is 5.64. The van der Waals surface area contributed by atoms with Crippen molar-refractivity contribution in [3.05, 3.63) is 53.1 Å². The highest BCUT2D eigenvalue weighted by atomic mass is 16.5. The van der Waals surface area contributed by atoms with E-state index in [2.05, 4.69) is 44.2 Å². The summed E-state index contributed by atoms with van der Waals surface area (Å²) in [6.07, 6.45) is 0.891. The lowest BCUT2D eigenvalue weighted by molar-refractivity contribution is 0.416. The molecule has 2 rings (SSSR count). The molecule has 0 unspecified atom stereocenters. The SMILES string of the molecule is COc1ccc(CCN)cc1-c1cc(C)ccc1C. The summed E-state index contributed by atoms with van der Waals surface area (Å²) in [6, 6.07) is 12.8. The number of ether oxygens (including phenoxy) is 1. The average Bonchev–Trinajstić information content (AvgIpc) is 2.42. The fourth-order valence-corrected chi connectivity index (χ4v) is 2.31. The van der Waals surface area contributed by atoms with Crippen LogP contribution in [-0.2, 0) is 6.42 Å². The summed E-state index contributed by atoms with van der Waals surface area (Å²) in [5.41, 5.74) is 11.8. The average molecular weight is 255 g/mol. The molecular formula is C17H21NO. The number of rotatable bonds is 4. The van der Waals surface area contributed by atoms with E-state index < -0.39 is 0 Å². The number of benzene rings is 2. The molecule has 100 valence electrons. The predicted molar refractivity (Wildman–Crippen MR) is 80.7 cm³/mol. The molecule has 2 nitrogen and oxygen atoms in total. The molecule has 0 aliphatic carbocycles. The Morgan fingerprint density at radius 1 is 1.00 bits per heavy atom. The molecule has 2 N–H and O–H groups in total. The summed E-state index contributed by atoms with van der Waals surface area (Å²) in [5, 5.41) is 0. The molecule has 0 aromatic heterocycles. The smallest absolute Gasteiger partial charge is 0.126 e. The van der Waals surface area contributed by atoms with Crippen molar-refractivity contribution in [2.24, 2.45) is 5.73 Å². The van der Waals surface area contributed by atoms with Gasteiger partial charge < -0.3 is 10.5 Å². The Morgan fingerprint density at radius 3 is 2.47 bits per heavy atom. The molecule has 2 aromatic carbocycles. The Hall–Kier alpha value is -1.80. The van der Waals surface area contributed by atoms with Gasteiger partial charge in [0.2, 0.25) is 0 Å². The molecule has 0 radical (unpaired) electrons. The minimum Gasteiger partial charge on any atom is -0.496 e. The monoisotopic (exact) mass is 255 g/mol. The van der Waals surface area contributed by atoms with E-state index in [1.54, 1.807) is 7.11 Å². The van der Waals surface area contributed by atoms with E-state index >= 15 is 0 Å². The van der Waals surface area contributed by atoms with Crippen molar-refractivity contribution < 1.29 is 4.74 Å². The second-order valence-electron chi connectivity index (χ2n) is 4.89. The van der Waals surface area contributed by atoms with Gasteiger partial charge in [-0.25, -0.2) is 0 Å². The molecule has 0 bridgehead atoms. The van der Waals surface area contributed by atoms with E-state index in [9.17, 15) is 0 Å². The van der Waals surface area contributed by atoms with Crippen molar-refractivity contribution in [3.63, 3.8) is 0 Å². The third-order valence-corrected chi connectivity index (χ3v) is 3.38. The molecule has 0 heterocycles. The van der Waals surface area contributed by atoms with Gasteiger partial charge in [-0.15, -0.1) is 0 Å². The summed E-state index contributed by atoms with van der Waals surface area (Å²) >= 11 is 0. The first-order valence-corrected chi connectivity index (χ1v) is 6.60. The van der Waals surface area contributed by atoms with E-state index in [-0.39, 0.29) is 0 Å². The first-order valence-electron chi connectivity index (χ1n) is 6.60. The Bertz CT molecular complexity index is 575. The molecular weight excluding hydrogens is 234 g/mol. The van der Waals surface area contributed by atoms with E-state index in [1.807, 2.05) is 6.07 Å². The zero-order valence-corrected chi connectivity index (χ0v) is 11.9. The van der Waals surface area contributed by atoms with Crippen LogP contribution in [0.25, 0.3) is 11.1 Å². The largest absolute Gasteiger partial charge is 0.496 e. The van der Waals surface area contributed by atoms with Gasteiger partial charge >= 0.3 is 0 Å². The molecule has 0 aliphatic rings. The highest BCUT2D eigenvalue weighted by Gasteiger charge is 2.09. The first kappa shape index (κ1) is 13.6. The molecule has 0 amide bonds. The van der Waals surface area contributed by atoms with E-state index in [0.717, 1.165) is 17.7 Å². The molecule has 19 heavy (non-hydrogen) atoms. The Balaban J connectivity index is 2.58. The minimum atomic E-state index is 0.665. The number of hydrogen-bond acceptors (Lipinski definition) is 2. The van der Waals surface area contributed by atoms with Gasteiger partial charge in [-0.05, 0) is 55.6 Å². The summed E-state index contributed by atoms with van der Waals surface area (Å²) < 4.78 is 5.50. The predicted octanol–water partition coefficient (Wildman–Crippen LogP) is 3.48. The van der Waals surface area contributed by atoms with Crippen molar-refractivity contribution in [3.8, 4) is 16.9 Å². The highest BCUT2D eigenvalue weighted by Crippen LogP contribution is 2.33. The van der Waals surface area contributed by atoms with Crippen LogP contribution in [0.2, 0.25) is 0 Å². The molecule has 2 aromatic rings. The van der Waals surface area contributed by atoms with E-state index in [4.69, 9.17) is 10.5 Å². The van der Waals surface area contributed by atoms with Crippen molar-refractivity contribution in [2.45, 2.75) is 20.3 Å². The first-order chi connectivity index (χ1) is 9.15. The minimum absolute atomic E-state index is 0.665. The fraction of sp³-hybridized carbons (Fsp3) is 0.294. The Labute approximate surface area is 115 Å². The van der Waals surface area contributed by atoms with Crippen molar-refractivity contribution >= 4 is 0 Å². The fourth-order valence-electron chi connectivity index (χ4n) is 2.31. The van der Waals surface area contributed by atoms with Crippen molar-refractivity contribution in [2.75, 3.05) is 13.7 Å². The number of methoxy groups -OCH3 is 1. The third kappa shape index (κ3) is 2.96. The lowest BCUT2D eigenvalue weighted by Gasteiger charge is -2.13. The van der Waals surface area contributed by atoms with Gasteiger partial charge in [0.1, 0.15) is 5.75 Å². The van der Waals surface area contributed by atoms with Gasteiger partial charge in [0, 0.05) is 5.56 Å². The topological polar surface area (TPSA) is 35.2 Å². The second-order valence-corrected chi connectivity index (χ2v) is 4.89. The van der Waals surface area contributed by atoms with Crippen molar-refractivity contribution in [1.29, 1.82) is 0 Å². The van der Waals surface area contributed by atoms with Crippen LogP contribution < -0.4 is 10.5 Å². The third-order valence-electron chi connectivity index (χ3n) is 3.38. The van der Waals surface area contributed by atoms with Gasteiger partial charge in [0.05, 0.1) is 7.11 Å². The molecule has 0 spiro atoms. The highest BCUT2D eigenvalue weighted by molar-refractivity contribution is 5.74. The van der Waals surface area contributed by atoms with Crippen molar-refractivity contribution in [1.82, 2.24) is 0 Å². The Kier molecular flexibility index (Phi) is 4.23. The number of aryl methyl sites for hydroxylation is 2. The van der Waals surface area contributed by atoms with Crippen LogP contribution in [0.4, 0.5) is 0 Å². The van der Waals surface area contributed by atoms with Gasteiger partial charge in [-0.3, -0.25) is 0 Å². The van der Waals surface area contributed by atoms with E-state index in [0.29, 0.717) is 6.54 Å². The van der Waals surface area contributed by atoms with Crippen LogP contribution in [0, 0.1) is 13.8 Å². The van der Waals surface area contributed by atoms with E-state index in [1.165, 1.54) is 22.3 Å². The number of hydrogen-bond donors (Lipinski definition) is 1. The van der Waals surface area contributed by atoms with Crippen LogP contribution in [0.3, 0.4) is 0 Å². The summed E-state index contributed by atoms with van der Waals surface area (Å²) in [5.74, 6) is 0.912. The van der Waals surface area contributed by atoms with Crippen LogP contribution >= 0.6 is 0 Å². The quantitative estimate of drug-likeness (QED) is 0.907. The lowest BCUT2D eigenvalue weighted by atomic mass is 9.95. The Morgan fingerprint density at radius 2 is 1.79 bits per heavy atom. The molecule has 0 saturated heterocycles. The van der Waals surface area contributed by atoms with Gasteiger partial charge in [-0.1, -0.05) is 29.8 Å². The molecule has 0 atom stereocenters. The second kappa shape index (κ2) is 5.89. The number of nitrogens with two attached hydrogens (primary N) is 1. The summed E-state index contributed by atoms with van der Waals surface area (Å²) in [6.45, 7) is 4.90. The van der Waals surface area contributed by atoms with Gasteiger partial charge in [-0.2, -0.15) is 0 Å². The molecule has 0 aliphatic heterocycles. The zero-order valence-electron chi connectivity index (χ0n) is 11.9. The molecule has 0 fully saturated rings. The summed E-state index contributed by atoms with van der Waals surface area (Å²) in [4.78, 5) is 0.